The molecule has 0 saturated carbocycles. The highest BCUT2D eigenvalue weighted by Gasteiger charge is 2.48. The molecule has 2 aromatic carbocycles. The first-order chi connectivity index (χ1) is 61.9. The van der Waals surface area contributed by atoms with E-state index in [9.17, 15) is 104 Å². The minimum Gasteiger partial charge on any atom is -0.507 e. The number of unbranched alkanes of at least 4 members (excludes halogenated alkanes) is 10. The summed E-state index contributed by atoms with van der Waals surface area (Å²) in [6.45, 7) is 7.01. The van der Waals surface area contributed by atoms with Gasteiger partial charge in [-0.3, -0.25) is 47.9 Å². The number of halogens is 3. The zero-order chi connectivity index (χ0) is 95.9. The van der Waals surface area contributed by atoms with Crippen LogP contribution < -0.4 is 26.0 Å². The van der Waals surface area contributed by atoms with Gasteiger partial charge in [-0.1, -0.05) is 32.6 Å². The second-order valence-electron chi connectivity index (χ2n) is 34.7. The number of phenolic OH excluding ortho intramolecular Hbond substituents is 1. The van der Waals surface area contributed by atoms with Gasteiger partial charge < -0.3 is 124 Å². The molecule has 0 bridgehead atoms. The predicted molar refractivity (Wildman–Crippen MR) is 497 cm³/mol. The molecule has 39 heteroatoms. The van der Waals surface area contributed by atoms with Crippen molar-refractivity contribution in [1.29, 1.82) is 0 Å². The number of benzene rings is 2. The van der Waals surface area contributed by atoms with Gasteiger partial charge in [-0.25, -0.2) is 4.79 Å². The van der Waals surface area contributed by atoms with Crippen LogP contribution in [0, 0.1) is 16.6 Å². The Balaban J connectivity index is 1.20. The third kappa shape index (κ3) is 44.3. The fourth-order valence-corrected chi connectivity index (χ4v) is 17.5. The van der Waals surface area contributed by atoms with Crippen LogP contribution in [0.25, 0.3) is 0 Å². The number of aliphatic hydroxyl groups is 9. The molecule has 4 amide bonds. The average molecular weight is 2180 g/mol. The van der Waals surface area contributed by atoms with Crippen LogP contribution in [0.3, 0.4) is 0 Å². The van der Waals surface area contributed by atoms with E-state index in [1.165, 1.54) is 13.8 Å². The monoisotopic (exact) mass is 2180 g/mol. The van der Waals surface area contributed by atoms with Gasteiger partial charge in [-0.15, -0.1) is 0 Å². The Bertz CT molecular complexity index is 3680. The molecule has 3 heterocycles. The molecule has 5 rings (SSSR count). The quantitative estimate of drug-likeness (QED) is 0.0226. The number of amides is 4. The summed E-state index contributed by atoms with van der Waals surface area (Å²) >= 11 is 6.32. The summed E-state index contributed by atoms with van der Waals surface area (Å²) in [5.74, 6) is -1.42. The summed E-state index contributed by atoms with van der Waals surface area (Å²) in [6, 6.07) is 5.51. The lowest BCUT2D eigenvalue weighted by atomic mass is 9.92. The predicted octanol–water partition coefficient (Wildman–Crippen LogP) is 7.43. The molecule has 0 spiro atoms. The van der Waals surface area contributed by atoms with Crippen molar-refractivity contribution >= 4 is 132 Å². The van der Waals surface area contributed by atoms with Gasteiger partial charge in [0.2, 0.25) is 17.7 Å². The second kappa shape index (κ2) is 62.6. The topological polar surface area (TPSA) is 540 Å². The van der Waals surface area contributed by atoms with Gasteiger partial charge >= 0.3 is 6.09 Å². The second-order valence-corrected chi connectivity index (χ2v) is 38.2. The van der Waals surface area contributed by atoms with Crippen LogP contribution >= 0.6 is 67.8 Å². The maximum absolute atomic E-state index is 14.4. The Labute approximate surface area is 802 Å². The molecule has 3 aliphatic rings. The minimum atomic E-state index is -1.46. The fourth-order valence-electron chi connectivity index (χ4n) is 14.9. The van der Waals surface area contributed by atoms with E-state index in [4.69, 9.17) is 52.1 Å². The van der Waals surface area contributed by atoms with Crippen LogP contribution in [0.2, 0.25) is 0 Å². The lowest BCUT2D eigenvalue weighted by Gasteiger charge is -2.42. The highest BCUT2D eigenvalue weighted by atomic mass is 127. The van der Waals surface area contributed by atoms with Crippen molar-refractivity contribution < 1.29 is 156 Å². The van der Waals surface area contributed by atoms with Gasteiger partial charge in [0.25, 0.3) is 0 Å². The lowest BCUT2D eigenvalue weighted by Crippen LogP contribution is -2.64. The SMILES string of the molecule is CC(=O)NC1C(OCCCCC(=O)CCCCCC(=O)CCOCC(COCCC(=O)CCCCCC(=O)CCCCOC2OC(CO)C(O)C(O)C2NC(C)=O)(COCCC(=O)CCCC(=O)CCCCOC2OC(CO)C(O)C(O)C2C)NC(=O)CCCCCCC(=O)C(Cc2cc(I)c(Oc3ccc(O)c(I)c3)c(I)c2)NC(=O)OC(C)(C)C)OC(CO)C(O)C1O. The molecule has 3 saturated heterocycles. The van der Waals surface area contributed by atoms with E-state index in [-0.39, 0.29) is 208 Å². The third-order valence-electron chi connectivity index (χ3n) is 22.2. The zero-order valence-electron chi connectivity index (χ0n) is 75.8. The molecule has 0 radical (unpaired) electrons. The number of aliphatic hydroxyl groups excluding tert-OH is 9. The van der Waals surface area contributed by atoms with Gasteiger partial charge in [0.1, 0.15) is 118 Å². The van der Waals surface area contributed by atoms with Crippen molar-refractivity contribution in [2.45, 2.75) is 350 Å². The molecular weight excluding hydrogens is 2040 g/mol. The van der Waals surface area contributed by atoms with Gasteiger partial charge in [0.15, 0.2) is 30.4 Å². The van der Waals surface area contributed by atoms with E-state index in [1.54, 1.807) is 45.9 Å². The molecular formula is C91H141I3N4O32. The highest BCUT2D eigenvalue weighted by molar-refractivity contribution is 14.1. The van der Waals surface area contributed by atoms with Crippen molar-refractivity contribution in [2.24, 2.45) is 5.92 Å². The maximum Gasteiger partial charge on any atom is 0.408 e. The van der Waals surface area contributed by atoms with Crippen LogP contribution in [0.15, 0.2) is 30.3 Å². The van der Waals surface area contributed by atoms with Crippen LogP contribution in [-0.4, -0.2) is 298 Å². The number of phenols is 1. The number of aromatic hydroxyl groups is 1. The van der Waals surface area contributed by atoms with Crippen molar-refractivity contribution in [3.8, 4) is 17.2 Å². The van der Waals surface area contributed by atoms with Crippen molar-refractivity contribution in [3.63, 3.8) is 0 Å². The van der Waals surface area contributed by atoms with Crippen molar-refractivity contribution in [3.05, 3.63) is 46.6 Å². The summed E-state index contributed by atoms with van der Waals surface area (Å²) in [4.78, 5) is 144. The number of hydrogen-bond donors (Lipinski definition) is 14. The molecule has 16 unspecified atom stereocenters. The van der Waals surface area contributed by atoms with Gasteiger partial charge in [0.05, 0.1) is 82.3 Å². The molecule has 3 fully saturated rings. The summed E-state index contributed by atoms with van der Waals surface area (Å²) in [5.41, 5.74) is -1.55. The molecule has 130 heavy (non-hydrogen) atoms. The smallest absolute Gasteiger partial charge is 0.408 e. The Morgan fingerprint density at radius 1 is 0.431 bits per heavy atom. The minimum absolute atomic E-state index is 0.00170. The van der Waals surface area contributed by atoms with E-state index in [1.807, 2.05) is 34.7 Å². The van der Waals surface area contributed by atoms with E-state index in [0.717, 1.165) is 12.7 Å². The van der Waals surface area contributed by atoms with Gasteiger partial charge in [-0.2, -0.15) is 0 Å². The normalized spacial score (nSPS) is 22.9. The number of Topliss-reactive ketones (excluding diaryl/α,β-unsaturated/α-hetero) is 7. The number of hydrogen-bond acceptors (Lipinski definition) is 32. The summed E-state index contributed by atoms with van der Waals surface area (Å²) < 4.78 is 66.7. The first-order valence-electron chi connectivity index (χ1n) is 45.4. The Morgan fingerprint density at radius 3 is 1.19 bits per heavy atom. The Hall–Kier alpha value is -5.12. The van der Waals surface area contributed by atoms with E-state index in [0.29, 0.717) is 118 Å². The van der Waals surface area contributed by atoms with E-state index in [2.05, 4.69) is 66.4 Å². The number of ether oxygens (including phenoxy) is 11. The highest BCUT2D eigenvalue weighted by Crippen LogP contribution is 2.36. The summed E-state index contributed by atoms with van der Waals surface area (Å²) in [7, 11) is 0. The number of nitrogens with one attached hydrogen (secondary N) is 4. The molecule has 36 nitrogen and oxygen atoms in total. The number of carbonyl (C=O) groups is 11. The van der Waals surface area contributed by atoms with Crippen LogP contribution in [-0.2, 0) is 102 Å². The molecule has 3 aliphatic heterocycles. The first kappa shape index (κ1) is 115. The van der Waals surface area contributed by atoms with Crippen LogP contribution in [0.1, 0.15) is 246 Å². The van der Waals surface area contributed by atoms with Gasteiger partial charge in [0, 0.05) is 129 Å². The van der Waals surface area contributed by atoms with E-state index >= 15 is 0 Å². The first-order valence-corrected chi connectivity index (χ1v) is 48.7. The Kier molecular flexibility index (Phi) is 55.5. The lowest BCUT2D eigenvalue weighted by molar-refractivity contribution is -0.282. The number of ketones is 7. The molecule has 0 aromatic heterocycles. The number of rotatable bonds is 68. The van der Waals surface area contributed by atoms with Crippen LogP contribution in [0.4, 0.5) is 4.79 Å². The summed E-state index contributed by atoms with van der Waals surface area (Å²) in [6.07, 6.45) is -5.17. The van der Waals surface area contributed by atoms with Crippen molar-refractivity contribution in [1.82, 2.24) is 21.3 Å². The maximum atomic E-state index is 14.4. The van der Waals surface area contributed by atoms with Crippen molar-refractivity contribution in [2.75, 3.05) is 79.3 Å². The molecule has 2 aromatic rings. The van der Waals surface area contributed by atoms with Crippen LogP contribution in [0.5, 0.6) is 17.2 Å². The molecule has 16 atom stereocenters. The fraction of sp³-hybridized carbons (Fsp3) is 0.747. The average Bonchev–Trinajstić information content (AvgIpc) is 0.814. The number of alkyl carbamates (subject to hydrolysis) is 1. The Morgan fingerprint density at radius 2 is 0.792 bits per heavy atom. The molecule has 14 N–H and O–H groups in total. The van der Waals surface area contributed by atoms with E-state index < -0.39 is 153 Å². The largest absolute Gasteiger partial charge is 0.507 e. The van der Waals surface area contributed by atoms with Gasteiger partial charge in [-0.05, 0) is 214 Å². The standard InChI is InChI=1S/C91H141I3N4O32/c1-56-79(113)80(114)73(50-99)127-86(56)123-40-20-17-30-62(106)31-23-32-65(109)39-45-122-55-91(53-120-43-37-63(107)26-13-9-11-24-60(104)28-18-21-41-124-87-77(95-57(2)102)83(117)81(115)74(51-100)128-87,54-121-44-38-64(108)27-14-10-12-25-61(105)29-19-22-42-125-88-78(96-58(3)103)84(118)82(116)75(52-101)129-88)98-76(112)34-16-8-7-15-33-72(111)70(97-89(119)130-90(4,5)6)48-59-46-68(93)85(69(94)47-59)126-66-35-36-71(110)67(92)49-66/h35-36,46-47,49,56,70,73-75,77-84,86-88,99-101,110,113-118H,7-34,37-45,48,50-55H2,1-6H3,(H,95,102)(H,96,103)(H,97,119)(H,98,112). The molecule has 738 valence electrons. The number of carbonyl (C=O) groups excluding carboxylic acids is 11. The third-order valence-corrected chi connectivity index (χ3v) is 24.7. The zero-order valence-corrected chi connectivity index (χ0v) is 82.3. The summed E-state index contributed by atoms with van der Waals surface area (Å²) in [5, 5.41) is 112. The molecule has 0 aliphatic carbocycles.